The van der Waals surface area contributed by atoms with Gasteiger partial charge >= 0.3 is 0 Å². The lowest BCUT2D eigenvalue weighted by molar-refractivity contribution is -0.140. The molecule has 0 aliphatic carbocycles. The van der Waals surface area contributed by atoms with Crippen LogP contribution in [-0.4, -0.2) is 50.4 Å². The minimum atomic E-state index is -4.33. The fraction of sp³-hybridized carbons (Fsp3) is 0.278. The van der Waals surface area contributed by atoms with Crippen molar-refractivity contribution in [3.8, 4) is 5.75 Å². The molecular formula is C36H40FN3O5S. The van der Waals surface area contributed by atoms with E-state index in [0.29, 0.717) is 5.75 Å². The largest absolute Gasteiger partial charge is 0.497 e. The first-order chi connectivity index (χ1) is 21.8. The zero-order valence-corrected chi connectivity index (χ0v) is 27.6. The summed E-state index contributed by atoms with van der Waals surface area (Å²) in [4.78, 5) is 29.9. The normalized spacial score (nSPS) is 12.2. The minimum Gasteiger partial charge on any atom is -0.497 e. The van der Waals surface area contributed by atoms with E-state index in [-0.39, 0.29) is 29.5 Å². The van der Waals surface area contributed by atoms with Gasteiger partial charge in [-0.15, -0.1) is 0 Å². The van der Waals surface area contributed by atoms with Crippen molar-refractivity contribution in [2.75, 3.05) is 18.0 Å². The monoisotopic (exact) mass is 645 g/mol. The summed E-state index contributed by atoms with van der Waals surface area (Å²) in [6.45, 7) is 6.90. The van der Waals surface area contributed by atoms with Gasteiger partial charge in [0.05, 0.1) is 17.7 Å². The van der Waals surface area contributed by atoms with Crippen LogP contribution in [0.5, 0.6) is 5.75 Å². The highest BCUT2D eigenvalue weighted by atomic mass is 32.2. The number of sulfonamides is 1. The van der Waals surface area contributed by atoms with Crippen LogP contribution in [0.15, 0.2) is 108 Å². The van der Waals surface area contributed by atoms with E-state index < -0.39 is 39.9 Å². The fourth-order valence-electron chi connectivity index (χ4n) is 4.99. The second kappa shape index (κ2) is 14.6. The number of amides is 2. The number of hydrogen-bond donors (Lipinski definition) is 1. The number of aryl methyl sites for hydroxylation is 1. The smallest absolute Gasteiger partial charge is 0.264 e. The second-order valence-electron chi connectivity index (χ2n) is 12.1. The molecule has 4 rings (SSSR count). The van der Waals surface area contributed by atoms with Gasteiger partial charge in [-0.1, -0.05) is 54.6 Å². The highest BCUT2D eigenvalue weighted by Gasteiger charge is 2.35. The maximum atomic E-state index is 14.5. The topological polar surface area (TPSA) is 96.0 Å². The second-order valence-corrected chi connectivity index (χ2v) is 13.9. The van der Waals surface area contributed by atoms with Gasteiger partial charge in [-0.05, 0) is 92.9 Å². The first kappa shape index (κ1) is 34.2. The van der Waals surface area contributed by atoms with Crippen LogP contribution in [0.1, 0.15) is 37.5 Å². The Bertz CT molecular complexity index is 1740. The predicted octanol–water partition coefficient (Wildman–Crippen LogP) is 5.89. The summed E-state index contributed by atoms with van der Waals surface area (Å²) < 4.78 is 48.3. The minimum absolute atomic E-state index is 0.0560. The van der Waals surface area contributed by atoms with Crippen molar-refractivity contribution in [3.63, 3.8) is 0 Å². The van der Waals surface area contributed by atoms with Gasteiger partial charge in [0, 0.05) is 18.5 Å². The van der Waals surface area contributed by atoms with Gasteiger partial charge in [-0.25, -0.2) is 12.8 Å². The lowest BCUT2D eigenvalue weighted by Crippen LogP contribution is -2.56. The van der Waals surface area contributed by atoms with E-state index in [2.05, 4.69) is 5.32 Å². The molecule has 4 aromatic carbocycles. The van der Waals surface area contributed by atoms with E-state index in [1.165, 1.54) is 48.4 Å². The molecule has 2 amide bonds. The molecule has 0 bridgehead atoms. The molecule has 8 nitrogen and oxygen atoms in total. The molecule has 0 radical (unpaired) electrons. The first-order valence-electron chi connectivity index (χ1n) is 14.9. The van der Waals surface area contributed by atoms with Gasteiger partial charge in [-0.3, -0.25) is 13.9 Å². The van der Waals surface area contributed by atoms with Crippen LogP contribution in [0, 0.1) is 12.7 Å². The Kier molecular flexibility index (Phi) is 10.8. The Hall–Kier alpha value is -4.70. The zero-order chi connectivity index (χ0) is 33.5. The van der Waals surface area contributed by atoms with Crippen molar-refractivity contribution >= 4 is 27.5 Å². The number of carbonyl (C=O) groups is 2. The van der Waals surface area contributed by atoms with Crippen molar-refractivity contribution < 1.29 is 27.1 Å². The summed E-state index contributed by atoms with van der Waals surface area (Å²) in [7, 11) is -2.86. The van der Waals surface area contributed by atoms with Crippen LogP contribution >= 0.6 is 0 Å². The lowest BCUT2D eigenvalue weighted by atomic mass is 10.00. The number of anilines is 1. The lowest BCUT2D eigenvalue weighted by Gasteiger charge is -2.35. The molecule has 242 valence electrons. The molecule has 0 saturated heterocycles. The molecule has 1 unspecified atom stereocenters. The van der Waals surface area contributed by atoms with Crippen LogP contribution < -0.4 is 14.4 Å². The van der Waals surface area contributed by atoms with Crippen LogP contribution in [0.25, 0.3) is 0 Å². The fourth-order valence-corrected chi connectivity index (χ4v) is 6.40. The number of methoxy groups -OCH3 is 1. The Morgan fingerprint density at radius 1 is 0.870 bits per heavy atom. The number of benzene rings is 4. The number of nitrogens with one attached hydrogen (secondary N) is 1. The van der Waals surface area contributed by atoms with Crippen molar-refractivity contribution in [2.45, 2.75) is 57.1 Å². The summed E-state index contributed by atoms with van der Waals surface area (Å²) in [5.74, 6) is -1.07. The Morgan fingerprint density at radius 2 is 1.48 bits per heavy atom. The van der Waals surface area contributed by atoms with Crippen LogP contribution in [0.3, 0.4) is 0 Å². The Labute approximate surface area is 270 Å². The SMILES string of the molecule is COc1ccc(S(=O)(=O)N(CC(=O)N(Cc2ccccc2C)C(Cc2ccccc2)C(=O)NC(C)(C)C)c2ccc(F)cc2)cc1. The summed E-state index contributed by atoms with van der Waals surface area (Å²) in [6.07, 6.45) is 0.197. The van der Waals surface area contributed by atoms with Crippen molar-refractivity contribution in [2.24, 2.45) is 0 Å². The third-order valence-corrected chi connectivity index (χ3v) is 9.20. The van der Waals surface area contributed by atoms with Crippen LogP contribution in [0.2, 0.25) is 0 Å². The number of hydrogen-bond acceptors (Lipinski definition) is 5. The van der Waals surface area contributed by atoms with Crippen molar-refractivity contribution in [1.82, 2.24) is 10.2 Å². The zero-order valence-electron chi connectivity index (χ0n) is 26.7. The maximum absolute atomic E-state index is 14.5. The van der Waals surface area contributed by atoms with Crippen LogP contribution in [0.4, 0.5) is 10.1 Å². The third-order valence-electron chi connectivity index (χ3n) is 7.41. The number of rotatable bonds is 12. The quantitative estimate of drug-likeness (QED) is 0.207. The molecule has 0 fully saturated rings. The molecule has 0 aromatic heterocycles. The van der Waals surface area contributed by atoms with Crippen LogP contribution in [-0.2, 0) is 32.6 Å². The summed E-state index contributed by atoms with van der Waals surface area (Å²) in [5.41, 5.74) is 2.06. The van der Waals surface area contributed by atoms with Gasteiger partial charge in [-0.2, -0.15) is 0 Å². The molecule has 0 aliphatic heterocycles. The van der Waals surface area contributed by atoms with E-state index in [1.807, 2.05) is 82.3 Å². The molecule has 0 heterocycles. The third kappa shape index (κ3) is 8.72. The predicted molar refractivity (Wildman–Crippen MR) is 177 cm³/mol. The highest BCUT2D eigenvalue weighted by molar-refractivity contribution is 7.92. The summed E-state index contributed by atoms with van der Waals surface area (Å²) >= 11 is 0. The average Bonchev–Trinajstić information content (AvgIpc) is 3.02. The van der Waals surface area contributed by atoms with Crippen molar-refractivity contribution in [3.05, 3.63) is 126 Å². The van der Waals surface area contributed by atoms with Gasteiger partial charge in [0.1, 0.15) is 24.2 Å². The standard InChI is InChI=1S/C36H40FN3O5S/c1-26-11-9-10-14-28(26)24-39(33(35(42)38-36(2,3)4)23-27-12-7-6-8-13-27)34(41)25-40(30-17-15-29(37)16-18-30)46(43,44)32-21-19-31(45-5)20-22-32/h6-22,33H,23-25H2,1-5H3,(H,38,42). The Balaban J connectivity index is 1.82. The molecule has 1 N–H and O–H groups in total. The number of carbonyl (C=O) groups excluding carboxylic acids is 2. The van der Waals surface area contributed by atoms with Gasteiger partial charge in [0.2, 0.25) is 11.8 Å². The van der Waals surface area contributed by atoms with Gasteiger partial charge in [0.15, 0.2) is 0 Å². The molecule has 10 heteroatoms. The van der Waals surface area contributed by atoms with E-state index in [4.69, 9.17) is 4.74 Å². The molecule has 1 atom stereocenters. The highest BCUT2D eigenvalue weighted by Crippen LogP contribution is 2.27. The van der Waals surface area contributed by atoms with E-state index >= 15 is 0 Å². The molecular weight excluding hydrogens is 605 g/mol. The molecule has 4 aromatic rings. The van der Waals surface area contributed by atoms with Gasteiger partial charge < -0.3 is 15.0 Å². The average molecular weight is 646 g/mol. The molecule has 46 heavy (non-hydrogen) atoms. The Morgan fingerprint density at radius 3 is 2.07 bits per heavy atom. The summed E-state index contributed by atoms with van der Waals surface area (Å²) in [5, 5.41) is 3.02. The molecule has 0 saturated carbocycles. The van der Waals surface area contributed by atoms with Crippen molar-refractivity contribution in [1.29, 1.82) is 0 Å². The number of nitrogens with zero attached hydrogens (tertiary/aromatic N) is 2. The van der Waals surface area contributed by atoms with Gasteiger partial charge in [0.25, 0.3) is 10.0 Å². The van der Waals surface area contributed by atoms with E-state index in [1.54, 1.807) is 0 Å². The molecule has 0 aliphatic rings. The first-order valence-corrected chi connectivity index (χ1v) is 16.3. The van der Waals surface area contributed by atoms with E-state index in [9.17, 15) is 22.4 Å². The summed E-state index contributed by atoms with van der Waals surface area (Å²) in [6, 6.07) is 26.6. The van der Waals surface area contributed by atoms with E-state index in [0.717, 1.165) is 33.1 Å². The number of halogens is 1. The number of ether oxygens (including phenoxy) is 1. The maximum Gasteiger partial charge on any atom is 0.264 e. The molecule has 0 spiro atoms.